The number of carbonyl (C=O) groups excluding carboxylic acids is 1. The number of nitrogens with zero attached hydrogens (tertiary/aromatic N) is 2. The number of furan rings is 1. The molecule has 0 fully saturated rings. The number of pyridine rings is 1. The van der Waals surface area contributed by atoms with Gasteiger partial charge in [-0.05, 0) is 55.5 Å². The van der Waals surface area contributed by atoms with Crippen molar-refractivity contribution in [2.24, 2.45) is 0 Å². The summed E-state index contributed by atoms with van der Waals surface area (Å²) in [7, 11) is -2.28. The van der Waals surface area contributed by atoms with Crippen LogP contribution in [0.4, 0.5) is 10.1 Å². The van der Waals surface area contributed by atoms with Crippen molar-refractivity contribution in [2.75, 3.05) is 30.8 Å². The predicted octanol–water partition coefficient (Wildman–Crippen LogP) is 4.00. The molecule has 3 heterocycles. The lowest BCUT2D eigenvalue weighted by molar-refractivity contribution is -0.0242. The number of aromatic nitrogens is 1. The van der Waals surface area contributed by atoms with Crippen molar-refractivity contribution in [1.29, 1.82) is 0 Å². The molecule has 4 aromatic rings. The van der Waals surface area contributed by atoms with Gasteiger partial charge in [-0.25, -0.2) is 17.8 Å². The molecule has 0 saturated carbocycles. The van der Waals surface area contributed by atoms with Gasteiger partial charge in [-0.1, -0.05) is 0 Å². The summed E-state index contributed by atoms with van der Waals surface area (Å²) in [6.45, 7) is 1.22. The van der Waals surface area contributed by atoms with E-state index < -0.39 is 28.1 Å². The molecular formula is C27H26FN3O7S. The predicted molar refractivity (Wildman–Crippen MR) is 142 cm³/mol. The third-order valence-corrected chi connectivity index (χ3v) is 7.46. The normalized spacial score (nSPS) is 17.5. The number of sulfonamides is 1. The number of hydrogen-bond donors (Lipinski definition) is 2. The lowest BCUT2D eigenvalue weighted by Gasteiger charge is -2.23. The fourth-order valence-electron chi connectivity index (χ4n) is 4.47. The highest BCUT2D eigenvalue weighted by atomic mass is 32.2. The molecule has 0 saturated heterocycles. The van der Waals surface area contributed by atoms with Gasteiger partial charge in [0.05, 0.1) is 36.9 Å². The Kier molecular flexibility index (Phi) is 7.02. The van der Waals surface area contributed by atoms with Crippen molar-refractivity contribution in [3.8, 4) is 22.8 Å². The molecule has 5 rings (SSSR count). The van der Waals surface area contributed by atoms with Gasteiger partial charge in [-0.2, -0.15) is 0 Å². The van der Waals surface area contributed by atoms with Crippen LogP contribution < -0.4 is 14.4 Å². The fraction of sp³-hybridized carbons (Fsp3) is 0.259. The molecule has 0 unspecified atom stereocenters. The van der Waals surface area contributed by atoms with Crippen molar-refractivity contribution >= 4 is 32.7 Å². The molecular weight excluding hydrogens is 529 g/mol. The Labute approximate surface area is 224 Å². The van der Waals surface area contributed by atoms with Crippen LogP contribution in [0.15, 0.2) is 59.0 Å². The van der Waals surface area contributed by atoms with Crippen molar-refractivity contribution < 1.29 is 36.6 Å². The summed E-state index contributed by atoms with van der Waals surface area (Å²) in [6.07, 6.45) is -0.378. The number of ether oxygens (including phenoxy) is 2. The minimum Gasteiger partial charge on any atom is -0.457 e. The highest BCUT2D eigenvalue weighted by Crippen LogP contribution is 2.40. The summed E-state index contributed by atoms with van der Waals surface area (Å²) in [5, 5.41) is 12.3. The molecule has 2 N–H and O–H groups in total. The van der Waals surface area contributed by atoms with Crippen LogP contribution in [0.1, 0.15) is 29.1 Å². The van der Waals surface area contributed by atoms with Gasteiger partial charge in [0.25, 0.3) is 5.91 Å². The van der Waals surface area contributed by atoms with E-state index in [1.165, 1.54) is 37.4 Å². The summed E-state index contributed by atoms with van der Waals surface area (Å²) in [5.74, 6) is 0.362. The first-order valence-electron chi connectivity index (χ1n) is 12.1. The average Bonchev–Trinajstić information content (AvgIpc) is 3.22. The first kappa shape index (κ1) is 26.6. The molecule has 12 heteroatoms. The van der Waals surface area contributed by atoms with Crippen LogP contribution in [0.3, 0.4) is 0 Å². The maximum Gasteiger partial charge on any atom is 0.257 e. The Bertz CT molecular complexity index is 1640. The zero-order valence-electron chi connectivity index (χ0n) is 21.3. The second-order valence-electron chi connectivity index (χ2n) is 9.08. The van der Waals surface area contributed by atoms with E-state index in [0.29, 0.717) is 22.8 Å². The van der Waals surface area contributed by atoms with E-state index in [4.69, 9.17) is 13.9 Å². The lowest BCUT2D eigenvalue weighted by atomic mass is 10.1. The maximum atomic E-state index is 13.2. The number of amides is 1. The quantitative estimate of drug-likeness (QED) is 0.365. The lowest BCUT2D eigenvalue weighted by Crippen LogP contribution is -2.38. The van der Waals surface area contributed by atoms with Gasteiger partial charge < -0.3 is 24.3 Å². The van der Waals surface area contributed by atoms with Crippen LogP contribution in [-0.4, -0.2) is 57.0 Å². The van der Waals surface area contributed by atoms with Crippen molar-refractivity contribution in [1.82, 2.24) is 10.3 Å². The molecule has 39 heavy (non-hydrogen) atoms. The Hall–Kier alpha value is -4.00. The van der Waals surface area contributed by atoms with Gasteiger partial charge in [0, 0.05) is 18.7 Å². The first-order chi connectivity index (χ1) is 18.6. The van der Waals surface area contributed by atoms with Crippen LogP contribution in [0.5, 0.6) is 11.5 Å². The van der Waals surface area contributed by atoms with Crippen LogP contribution in [0.25, 0.3) is 22.4 Å². The standard InChI is InChI=1S/C27H26FN3O7S/c1-15-24-21(31(39(3,34)35)13-20(14-32)36-15)12-22-25(30-24)23(27(33)29-2)26(38-22)16-4-8-18(9-5-16)37-19-10-6-17(28)7-11-19/h4-12,15,20,32H,13-14H2,1-3H3,(H,29,33)/t15-,20-/m0/s1. The summed E-state index contributed by atoms with van der Waals surface area (Å²) in [5.41, 5.74) is 1.71. The minimum atomic E-state index is -3.76. The molecule has 10 nitrogen and oxygen atoms in total. The SMILES string of the molecule is CNC(=O)c1c(-c2ccc(Oc3ccc(F)cc3)cc2)oc2cc3c(nc12)[C@H](C)O[C@H](CO)CN3S(C)(=O)=O. The van der Waals surface area contributed by atoms with Crippen molar-refractivity contribution in [2.45, 2.75) is 19.1 Å². The zero-order chi connectivity index (χ0) is 27.9. The number of rotatable bonds is 6. The molecule has 1 amide bonds. The average molecular weight is 556 g/mol. The number of aliphatic hydroxyl groups excluding tert-OH is 1. The van der Waals surface area contributed by atoms with E-state index in [2.05, 4.69) is 10.3 Å². The number of nitrogens with one attached hydrogen (secondary N) is 1. The third-order valence-electron chi connectivity index (χ3n) is 6.32. The van der Waals surface area contributed by atoms with Crippen LogP contribution in [0.2, 0.25) is 0 Å². The maximum absolute atomic E-state index is 13.2. The molecule has 2 aromatic carbocycles. The van der Waals surface area contributed by atoms with E-state index in [0.717, 1.165) is 10.6 Å². The van der Waals surface area contributed by atoms with Crippen LogP contribution in [-0.2, 0) is 14.8 Å². The largest absolute Gasteiger partial charge is 0.457 e. The van der Waals surface area contributed by atoms with Crippen molar-refractivity contribution in [3.63, 3.8) is 0 Å². The number of carbonyl (C=O) groups is 1. The highest BCUT2D eigenvalue weighted by Gasteiger charge is 2.34. The van der Waals surface area contributed by atoms with E-state index in [1.807, 2.05) is 0 Å². The highest BCUT2D eigenvalue weighted by molar-refractivity contribution is 7.92. The molecule has 2 atom stereocenters. The Morgan fingerprint density at radius 2 is 1.82 bits per heavy atom. The summed E-state index contributed by atoms with van der Waals surface area (Å²) in [6, 6.07) is 13.9. The summed E-state index contributed by atoms with van der Waals surface area (Å²) < 4.78 is 57.4. The molecule has 0 aliphatic carbocycles. The minimum absolute atomic E-state index is 0.106. The second-order valence-corrected chi connectivity index (χ2v) is 11.0. The van der Waals surface area contributed by atoms with Crippen LogP contribution in [0, 0.1) is 5.82 Å². The third kappa shape index (κ3) is 5.18. The van der Waals surface area contributed by atoms with Gasteiger partial charge in [0.15, 0.2) is 5.58 Å². The number of hydrogen-bond acceptors (Lipinski definition) is 8. The molecule has 2 aromatic heterocycles. The Morgan fingerprint density at radius 1 is 1.18 bits per heavy atom. The zero-order valence-corrected chi connectivity index (χ0v) is 22.2. The number of aliphatic hydroxyl groups is 1. The van der Waals surface area contributed by atoms with E-state index >= 15 is 0 Å². The number of anilines is 1. The Morgan fingerprint density at radius 3 is 2.41 bits per heavy atom. The van der Waals surface area contributed by atoms with E-state index in [-0.39, 0.29) is 47.1 Å². The molecule has 0 radical (unpaired) electrons. The van der Waals surface area contributed by atoms with Crippen molar-refractivity contribution in [3.05, 3.63) is 71.7 Å². The Balaban J connectivity index is 1.61. The molecule has 0 bridgehead atoms. The molecule has 204 valence electrons. The molecule has 1 aliphatic heterocycles. The van der Waals surface area contributed by atoms with Crippen LogP contribution >= 0.6 is 0 Å². The monoisotopic (exact) mass is 555 g/mol. The number of benzene rings is 2. The number of halogens is 1. The van der Waals surface area contributed by atoms with E-state index in [9.17, 15) is 22.7 Å². The first-order valence-corrected chi connectivity index (χ1v) is 13.9. The van der Waals surface area contributed by atoms with E-state index in [1.54, 1.807) is 31.2 Å². The molecule has 0 spiro atoms. The van der Waals surface area contributed by atoms with Gasteiger partial charge in [-0.3, -0.25) is 9.10 Å². The van der Waals surface area contributed by atoms with Gasteiger partial charge in [-0.15, -0.1) is 0 Å². The van der Waals surface area contributed by atoms with Gasteiger partial charge in [0.2, 0.25) is 10.0 Å². The van der Waals surface area contributed by atoms with Gasteiger partial charge >= 0.3 is 0 Å². The topological polar surface area (TPSA) is 131 Å². The number of fused-ring (bicyclic) bond motifs is 2. The van der Waals surface area contributed by atoms with Gasteiger partial charge in [0.1, 0.15) is 40.3 Å². The molecule has 1 aliphatic rings. The fourth-order valence-corrected chi connectivity index (χ4v) is 5.41. The summed E-state index contributed by atoms with van der Waals surface area (Å²) >= 11 is 0. The smallest absolute Gasteiger partial charge is 0.257 e. The summed E-state index contributed by atoms with van der Waals surface area (Å²) in [4.78, 5) is 17.7. The second kappa shape index (κ2) is 10.3.